The molecule has 3 atom stereocenters. The van der Waals surface area contributed by atoms with Gasteiger partial charge in [-0.25, -0.2) is 0 Å². The van der Waals surface area contributed by atoms with Crippen LogP contribution in [0.1, 0.15) is 37.8 Å². The second kappa shape index (κ2) is 6.79. The summed E-state index contributed by atoms with van der Waals surface area (Å²) in [5, 5.41) is 3.35. The summed E-state index contributed by atoms with van der Waals surface area (Å²) in [4.78, 5) is 0. The molecule has 118 valence electrons. The highest BCUT2D eigenvalue weighted by molar-refractivity contribution is 5.26. The zero-order valence-electron chi connectivity index (χ0n) is 12.4. The molecule has 3 unspecified atom stereocenters. The predicted octanol–water partition coefficient (Wildman–Crippen LogP) is 3.79. The van der Waals surface area contributed by atoms with Crippen LogP contribution in [-0.2, 0) is 17.3 Å². The SMILES string of the molecule is CCNC(Cc1cccc(C(F)(F)F)c1)C1CCC(C)O1. The van der Waals surface area contributed by atoms with Crippen molar-refractivity contribution < 1.29 is 17.9 Å². The summed E-state index contributed by atoms with van der Waals surface area (Å²) < 4.78 is 44.2. The quantitative estimate of drug-likeness (QED) is 0.893. The molecule has 5 heteroatoms. The van der Waals surface area contributed by atoms with E-state index in [1.54, 1.807) is 6.07 Å². The standard InChI is InChI=1S/C16H22F3NO/c1-3-20-14(15-8-7-11(2)21-15)10-12-5-4-6-13(9-12)16(17,18)19/h4-6,9,11,14-15,20H,3,7-8,10H2,1-2H3. The smallest absolute Gasteiger partial charge is 0.374 e. The van der Waals surface area contributed by atoms with Gasteiger partial charge in [-0.1, -0.05) is 25.1 Å². The topological polar surface area (TPSA) is 21.3 Å². The van der Waals surface area contributed by atoms with Gasteiger partial charge in [0.15, 0.2) is 0 Å². The molecule has 1 N–H and O–H groups in total. The number of ether oxygens (including phenoxy) is 1. The molecule has 1 aliphatic rings. The fourth-order valence-corrected chi connectivity index (χ4v) is 2.86. The fraction of sp³-hybridized carbons (Fsp3) is 0.625. The molecule has 0 radical (unpaired) electrons. The van der Waals surface area contributed by atoms with Gasteiger partial charge in [0, 0.05) is 6.04 Å². The Morgan fingerprint density at radius 3 is 2.67 bits per heavy atom. The summed E-state index contributed by atoms with van der Waals surface area (Å²) in [5.74, 6) is 0. The van der Waals surface area contributed by atoms with Crippen LogP contribution in [0.2, 0.25) is 0 Å². The molecular weight excluding hydrogens is 279 g/mol. The van der Waals surface area contributed by atoms with Gasteiger partial charge >= 0.3 is 6.18 Å². The Hall–Kier alpha value is -1.07. The molecule has 2 rings (SSSR count). The predicted molar refractivity (Wildman–Crippen MR) is 76.2 cm³/mol. The lowest BCUT2D eigenvalue weighted by molar-refractivity contribution is -0.137. The first kappa shape index (κ1) is 16.3. The van der Waals surface area contributed by atoms with Crippen LogP contribution in [0, 0.1) is 0 Å². The highest BCUT2D eigenvalue weighted by Gasteiger charge is 2.32. The van der Waals surface area contributed by atoms with Gasteiger partial charge in [0.25, 0.3) is 0 Å². The van der Waals surface area contributed by atoms with Gasteiger partial charge in [-0.2, -0.15) is 13.2 Å². The Balaban J connectivity index is 2.10. The first-order valence-corrected chi connectivity index (χ1v) is 7.45. The van der Waals surface area contributed by atoms with Crippen molar-refractivity contribution in [1.29, 1.82) is 0 Å². The minimum Gasteiger partial charge on any atom is -0.374 e. The summed E-state index contributed by atoms with van der Waals surface area (Å²) >= 11 is 0. The lowest BCUT2D eigenvalue weighted by atomic mass is 9.98. The molecule has 21 heavy (non-hydrogen) atoms. The van der Waals surface area contributed by atoms with Gasteiger partial charge in [-0.3, -0.25) is 0 Å². The van der Waals surface area contributed by atoms with E-state index in [0.717, 1.165) is 25.5 Å². The van der Waals surface area contributed by atoms with Gasteiger partial charge < -0.3 is 10.1 Å². The maximum absolute atomic E-state index is 12.8. The number of alkyl halides is 3. The van der Waals surface area contributed by atoms with Crippen LogP contribution in [0.3, 0.4) is 0 Å². The third-order valence-electron chi connectivity index (χ3n) is 3.89. The van der Waals surface area contributed by atoms with Crippen LogP contribution in [-0.4, -0.2) is 24.8 Å². The molecular formula is C16H22F3NO. The molecule has 1 saturated heterocycles. The first-order chi connectivity index (χ1) is 9.90. The van der Waals surface area contributed by atoms with Crippen molar-refractivity contribution in [1.82, 2.24) is 5.32 Å². The number of hydrogen-bond acceptors (Lipinski definition) is 2. The first-order valence-electron chi connectivity index (χ1n) is 7.45. The zero-order chi connectivity index (χ0) is 15.5. The van der Waals surface area contributed by atoms with Crippen LogP contribution in [0.5, 0.6) is 0 Å². The van der Waals surface area contributed by atoms with Gasteiger partial charge in [-0.15, -0.1) is 0 Å². The van der Waals surface area contributed by atoms with E-state index >= 15 is 0 Å². The normalized spacial score (nSPS) is 24.2. The lowest BCUT2D eigenvalue weighted by Crippen LogP contribution is -2.41. The fourth-order valence-electron chi connectivity index (χ4n) is 2.86. The van der Waals surface area contributed by atoms with E-state index in [2.05, 4.69) is 5.32 Å². The number of benzene rings is 1. The molecule has 1 fully saturated rings. The molecule has 0 spiro atoms. The number of hydrogen-bond donors (Lipinski definition) is 1. The average Bonchev–Trinajstić information content (AvgIpc) is 2.84. The molecule has 0 aromatic heterocycles. The molecule has 2 nitrogen and oxygen atoms in total. The summed E-state index contributed by atoms with van der Waals surface area (Å²) in [6.07, 6.45) is -1.46. The molecule has 1 heterocycles. The zero-order valence-corrected chi connectivity index (χ0v) is 12.4. The van der Waals surface area contributed by atoms with E-state index in [9.17, 15) is 13.2 Å². The van der Waals surface area contributed by atoms with Crippen LogP contribution in [0.25, 0.3) is 0 Å². The van der Waals surface area contributed by atoms with Crippen molar-refractivity contribution in [3.8, 4) is 0 Å². The summed E-state index contributed by atoms with van der Waals surface area (Å²) in [6, 6.07) is 5.63. The minimum absolute atomic E-state index is 0.0587. The Morgan fingerprint density at radius 1 is 1.33 bits per heavy atom. The second-order valence-corrected chi connectivity index (χ2v) is 5.63. The van der Waals surface area contributed by atoms with E-state index in [1.807, 2.05) is 13.8 Å². The molecule has 1 aromatic carbocycles. The summed E-state index contributed by atoms with van der Waals surface area (Å²) in [6.45, 7) is 4.81. The van der Waals surface area contributed by atoms with Crippen molar-refractivity contribution in [2.24, 2.45) is 0 Å². The number of rotatable bonds is 5. The largest absolute Gasteiger partial charge is 0.416 e. The third kappa shape index (κ3) is 4.45. The molecule has 0 amide bonds. The minimum atomic E-state index is -4.29. The number of likely N-dealkylation sites (N-methyl/N-ethyl adjacent to an activating group) is 1. The Morgan fingerprint density at radius 2 is 2.10 bits per heavy atom. The Bertz CT molecular complexity index is 461. The van der Waals surface area contributed by atoms with Gasteiger partial charge in [-0.05, 0) is 44.4 Å². The van der Waals surface area contributed by atoms with Gasteiger partial charge in [0.05, 0.1) is 17.8 Å². The van der Waals surface area contributed by atoms with Crippen molar-refractivity contribution in [3.05, 3.63) is 35.4 Å². The van der Waals surface area contributed by atoms with Crippen LogP contribution in [0.4, 0.5) is 13.2 Å². The van der Waals surface area contributed by atoms with E-state index in [4.69, 9.17) is 4.74 Å². The maximum Gasteiger partial charge on any atom is 0.416 e. The van der Waals surface area contributed by atoms with E-state index in [0.29, 0.717) is 12.0 Å². The van der Waals surface area contributed by atoms with Crippen molar-refractivity contribution in [2.45, 2.75) is 57.5 Å². The Kier molecular flexibility index (Phi) is 5.27. The third-order valence-corrected chi connectivity index (χ3v) is 3.89. The highest BCUT2D eigenvalue weighted by atomic mass is 19.4. The van der Waals surface area contributed by atoms with Crippen LogP contribution >= 0.6 is 0 Å². The van der Waals surface area contributed by atoms with Crippen LogP contribution < -0.4 is 5.32 Å². The van der Waals surface area contributed by atoms with Gasteiger partial charge in [0.1, 0.15) is 0 Å². The molecule has 0 aliphatic carbocycles. The highest BCUT2D eigenvalue weighted by Crippen LogP contribution is 2.30. The van der Waals surface area contributed by atoms with E-state index in [-0.39, 0.29) is 18.2 Å². The summed E-state index contributed by atoms with van der Waals surface area (Å²) in [7, 11) is 0. The van der Waals surface area contributed by atoms with Gasteiger partial charge in [0.2, 0.25) is 0 Å². The van der Waals surface area contributed by atoms with Crippen LogP contribution in [0.15, 0.2) is 24.3 Å². The number of halogens is 3. The lowest BCUT2D eigenvalue weighted by Gasteiger charge is -2.25. The van der Waals surface area contributed by atoms with E-state index in [1.165, 1.54) is 12.1 Å². The van der Waals surface area contributed by atoms with E-state index < -0.39 is 11.7 Å². The molecule has 1 aromatic rings. The molecule has 0 bridgehead atoms. The van der Waals surface area contributed by atoms with Crippen molar-refractivity contribution in [3.63, 3.8) is 0 Å². The summed E-state index contributed by atoms with van der Waals surface area (Å²) in [5.41, 5.74) is 0.106. The molecule has 1 aliphatic heterocycles. The Labute approximate surface area is 123 Å². The maximum atomic E-state index is 12.8. The molecule has 0 saturated carbocycles. The van der Waals surface area contributed by atoms with Crippen molar-refractivity contribution >= 4 is 0 Å². The monoisotopic (exact) mass is 301 g/mol. The average molecular weight is 301 g/mol. The number of nitrogens with one attached hydrogen (secondary N) is 1. The second-order valence-electron chi connectivity index (χ2n) is 5.63. The van der Waals surface area contributed by atoms with Crippen molar-refractivity contribution in [2.75, 3.05) is 6.54 Å².